The second-order valence-corrected chi connectivity index (χ2v) is 3.90. The van der Waals surface area contributed by atoms with Crippen LogP contribution in [0, 0.1) is 12.7 Å². The van der Waals surface area contributed by atoms with Crippen LogP contribution in [0.4, 0.5) is 4.39 Å². The van der Waals surface area contributed by atoms with Gasteiger partial charge in [0, 0.05) is 5.92 Å². The lowest BCUT2D eigenvalue weighted by Crippen LogP contribution is -2.11. The largest absolute Gasteiger partial charge is 0.481 e. The number of aliphatic carboxylic acids is 2. The summed E-state index contributed by atoms with van der Waals surface area (Å²) in [4.78, 5) is 21.3. The summed E-state index contributed by atoms with van der Waals surface area (Å²) in [5.41, 5.74) is 0.844. The molecular formula is C12H13FO4. The Bertz CT molecular complexity index is 426. The van der Waals surface area contributed by atoms with Crippen LogP contribution in [-0.4, -0.2) is 22.2 Å². The van der Waals surface area contributed by atoms with Gasteiger partial charge < -0.3 is 10.2 Å². The number of rotatable bonds is 5. The molecule has 0 heterocycles. The Morgan fingerprint density at radius 1 is 1.24 bits per heavy atom. The van der Waals surface area contributed by atoms with E-state index in [2.05, 4.69) is 0 Å². The monoisotopic (exact) mass is 240 g/mol. The molecule has 1 aromatic rings. The number of hydrogen-bond donors (Lipinski definition) is 2. The van der Waals surface area contributed by atoms with E-state index in [0.29, 0.717) is 11.1 Å². The van der Waals surface area contributed by atoms with Crippen molar-refractivity contribution in [2.75, 3.05) is 0 Å². The van der Waals surface area contributed by atoms with Gasteiger partial charge >= 0.3 is 11.9 Å². The number of halogens is 1. The van der Waals surface area contributed by atoms with Crippen molar-refractivity contribution in [1.29, 1.82) is 0 Å². The number of aryl methyl sites for hydroxylation is 1. The van der Waals surface area contributed by atoms with E-state index in [0.717, 1.165) is 0 Å². The normalized spacial score (nSPS) is 10.5. The summed E-state index contributed by atoms with van der Waals surface area (Å²) in [6.07, 6.45) is -0.649. The Kier molecular flexibility index (Phi) is 4.20. The maximum Gasteiger partial charge on any atom is 0.303 e. The summed E-state index contributed by atoms with van der Waals surface area (Å²) in [5, 5.41) is 17.4. The van der Waals surface area contributed by atoms with E-state index in [1.54, 1.807) is 13.0 Å². The summed E-state index contributed by atoms with van der Waals surface area (Å²) in [6, 6.07) is 4.28. The van der Waals surface area contributed by atoms with Crippen LogP contribution in [0.1, 0.15) is 29.9 Å². The molecule has 0 aliphatic rings. The van der Waals surface area contributed by atoms with Gasteiger partial charge in [-0.25, -0.2) is 4.39 Å². The Balaban J connectivity index is 2.98. The van der Waals surface area contributed by atoms with Crippen LogP contribution < -0.4 is 0 Å². The number of hydrogen-bond acceptors (Lipinski definition) is 2. The van der Waals surface area contributed by atoms with Gasteiger partial charge in [-0.1, -0.05) is 12.1 Å². The van der Waals surface area contributed by atoms with Crippen LogP contribution >= 0.6 is 0 Å². The molecule has 5 heteroatoms. The molecule has 0 aromatic heterocycles. The first-order valence-electron chi connectivity index (χ1n) is 5.09. The summed E-state index contributed by atoms with van der Waals surface area (Å²) in [5.74, 6) is -3.36. The van der Waals surface area contributed by atoms with Gasteiger partial charge in [-0.05, 0) is 24.1 Å². The topological polar surface area (TPSA) is 74.6 Å². The fourth-order valence-electron chi connectivity index (χ4n) is 1.59. The first kappa shape index (κ1) is 13.2. The van der Waals surface area contributed by atoms with E-state index in [9.17, 15) is 14.0 Å². The van der Waals surface area contributed by atoms with Gasteiger partial charge in [0.2, 0.25) is 0 Å². The summed E-state index contributed by atoms with van der Waals surface area (Å²) in [7, 11) is 0. The SMILES string of the molecule is Cc1ccc(C(CC(=O)O)CC(=O)O)cc1F. The van der Waals surface area contributed by atoms with Crippen LogP contribution in [-0.2, 0) is 9.59 Å². The molecule has 17 heavy (non-hydrogen) atoms. The molecule has 0 saturated heterocycles. The van der Waals surface area contributed by atoms with Gasteiger partial charge in [-0.3, -0.25) is 9.59 Å². The number of benzene rings is 1. The molecule has 0 radical (unpaired) electrons. The van der Waals surface area contributed by atoms with Gasteiger partial charge in [-0.15, -0.1) is 0 Å². The van der Waals surface area contributed by atoms with E-state index in [1.165, 1.54) is 12.1 Å². The quantitative estimate of drug-likeness (QED) is 0.827. The summed E-state index contributed by atoms with van der Waals surface area (Å²) >= 11 is 0. The molecule has 2 N–H and O–H groups in total. The fourth-order valence-corrected chi connectivity index (χ4v) is 1.59. The van der Waals surface area contributed by atoms with Crippen molar-refractivity contribution in [2.45, 2.75) is 25.7 Å². The lowest BCUT2D eigenvalue weighted by Gasteiger charge is -2.13. The molecule has 0 amide bonds. The summed E-state index contributed by atoms with van der Waals surface area (Å²) < 4.78 is 13.3. The molecule has 92 valence electrons. The number of carbonyl (C=O) groups is 2. The summed E-state index contributed by atoms with van der Waals surface area (Å²) in [6.45, 7) is 1.59. The first-order chi connectivity index (χ1) is 7.90. The molecule has 1 rings (SSSR count). The lowest BCUT2D eigenvalue weighted by molar-refractivity contribution is -0.139. The van der Waals surface area contributed by atoms with Crippen LogP contribution in [0.5, 0.6) is 0 Å². The maximum absolute atomic E-state index is 13.3. The molecule has 0 spiro atoms. The van der Waals surface area contributed by atoms with Crippen LogP contribution in [0.3, 0.4) is 0 Å². The molecule has 0 fully saturated rings. The van der Waals surface area contributed by atoms with E-state index < -0.39 is 23.7 Å². The van der Waals surface area contributed by atoms with E-state index in [4.69, 9.17) is 10.2 Å². The highest BCUT2D eigenvalue weighted by molar-refractivity contribution is 5.72. The Morgan fingerprint density at radius 2 is 1.76 bits per heavy atom. The first-order valence-corrected chi connectivity index (χ1v) is 5.09. The highest BCUT2D eigenvalue weighted by Gasteiger charge is 2.19. The van der Waals surface area contributed by atoms with Crippen molar-refractivity contribution in [1.82, 2.24) is 0 Å². The predicted octanol–water partition coefficient (Wildman–Crippen LogP) is 2.17. The van der Waals surface area contributed by atoms with Crippen molar-refractivity contribution >= 4 is 11.9 Å². The van der Waals surface area contributed by atoms with Gasteiger partial charge in [0.05, 0.1) is 12.8 Å². The van der Waals surface area contributed by atoms with E-state index >= 15 is 0 Å². The average Bonchev–Trinajstić information content (AvgIpc) is 2.19. The third kappa shape index (κ3) is 3.86. The highest BCUT2D eigenvalue weighted by atomic mass is 19.1. The molecule has 0 aliphatic heterocycles. The molecule has 0 atom stereocenters. The molecule has 4 nitrogen and oxygen atoms in total. The maximum atomic E-state index is 13.3. The number of carboxylic acids is 2. The Morgan fingerprint density at radius 3 is 2.18 bits per heavy atom. The number of carboxylic acid groups (broad SMARTS) is 2. The molecule has 1 aromatic carbocycles. The average molecular weight is 240 g/mol. The van der Waals surface area contributed by atoms with Crippen molar-refractivity contribution in [3.8, 4) is 0 Å². The van der Waals surface area contributed by atoms with Gasteiger partial charge in [-0.2, -0.15) is 0 Å². The van der Waals surface area contributed by atoms with Crippen LogP contribution in [0.15, 0.2) is 18.2 Å². The molecule has 0 unspecified atom stereocenters. The Hall–Kier alpha value is -1.91. The van der Waals surface area contributed by atoms with Crippen molar-refractivity contribution in [2.24, 2.45) is 0 Å². The minimum Gasteiger partial charge on any atom is -0.481 e. The van der Waals surface area contributed by atoms with Crippen molar-refractivity contribution in [3.05, 3.63) is 35.1 Å². The minimum absolute atomic E-state index is 0.325. The second-order valence-electron chi connectivity index (χ2n) is 3.90. The van der Waals surface area contributed by atoms with Gasteiger partial charge in [0.25, 0.3) is 0 Å². The second kappa shape index (κ2) is 5.43. The third-order valence-electron chi connectivity index (χ3n) is 2.51. The predicted molar refractivity (Wildman–Crippen MR) is 58.4 cm³/mol. The van der Waals surface area contributed by atoms with Gasteiger partial charge in [0.15, 0.2) is 0 Å². The Labute approximate surface area is 97.7 Å². The zero-order chi connectivity index (χ0) is 13.0. The van der Waals surface area contributed by atoms with E-state index in [-0.39, 0.29) is 12.8 Å². The lowest BCUT2D eigenvalue weighted by atomic mass is 9.92. The molecular weight excluding hydrogens is 227 g/mol. The smallest absolute Gasteiger partial charge is 0.303 e. The zero-order valence-electron chi connectivity index (χ0n) is 9.31. The highest BCUT2D eigenvalue weighted by Crippen LogP contribution is 2.25. The van der Waals surface area contributed by atoms with Crippen LogP contribution in [0.2, 0.25) is 0 Å². The van der Waals surface area contributed by atoms with Gasteiger partial charge in [0.1, 0.15) is 5.82 Å². The van der Waals surface area contributed by atoms with Crippen molar-refractivity contribution < 1.29 is 24.2 Å². The third-order valence-corrected chi connectivity index (χ3v) is 2.51. The fraction of sp³-hybridized carbons (Fsp3) is 0.333. The molecule has 0 saturated carbocycles. The molecule has 0 aliphatic carbocycles. The molecule has 0 bridgehead atoms. The van der Waals surface area contributed by atoms with Crippen molar-refractivity contribution in [3.63, 3.8) is 0 Å². The van der Waals surface area contributed by atoms with E-state index in [1.807, 2.05) is 0 Å². The minimum atomic E-state index is -1.10. The zero-order valence-corrected chi connectivity index (χ0v) is 9.31. The van der Waals surface area contributed by atoms with Crippen LogP contribution in [0.25, 0.3) is 0 Å². The standard InChI is InChI=1S/C12H13FO4/c1-7-2-3-8(4-10(7)13)9(5-11(14)15)6-12(16)17/h2-4,9H,5-6H2,1H3,(H,14,15)(H,16,17).